The van der Waals surface area contributed by atoms with Gasteiger partial charge in [0.2, 0.25) is 5.91 Å². The largest absolute Gasteiger partial charge is 0.379 e. The number of aryl methyl sites for hydroxylation is 1. The summed E-state index contributed by atoms with van der Waals surface area (Å²) in [5.41, 5.74) is 2.40. The van der Waals surface area contributed by atoms with Crippen molar-refractivity contribution in [1.29, 1.82) is 0 Å². The summed E-state index contributed by atoms with van der Waals surface area (Å²) in [5, 5.41) is 6.54. The normalized spacial score (nSPS) is 25.4. The van der Waals surface area contributed by atoms with Crippen LogP contribution < -0.4 is 10.6 Å². The Morgan fingerprint density at radius 3 is 2.75 bits per heavy atom. The van der Waals surface area contributed by atoms with Crippen molar-refractivity contribution in [2.75, 3.05) is 45.9 Å². The Kier molecular flexibility index (Phi) is 6.24. The van der Waals surface area contributed by atoms with E-state index in [1.54, 1.807) is 0 Å². The van der Waals surface area contributed by atoms with Gasteiger partial charge >= 0.3 is 0 Å². The lowest BCUT2D eigenvalue weighted by Crippen LogP contribution is -2.48. The van der Waals surface area contributed by atoms with Gasteiger partial charge in [0.05, 0.1) is 19.1 Å². The molecule has 5 nitrogen and oxygen atoms in total. The molecule has 0 unspecified atom stereocenters. The van der Waals surface area contributed by atoms with Crippen LogP contribution in [0.2, 0.25) is 0 Å². The van der Waals surface area contributed by atoms with Gasteiger partial charge in [-0.15, -0.1) is 0 Å². The Balaban J connectivity index is 1.44. The lowest BCUT2D eigenvalue weighted by atomic mass is 9.89. The Labute approximate surface area is 144 Å². The number of benzene rings is 1. The van der Waals surface area contributed by atoms with Gasteiger partial charge in [0.25, 0.3) is 0 Å². The number of ether oxygens (including phenoxy) is 1. The van der Waals surface area contributed by atoms with E-state index in [9.17, 15) is 4.79 Å². The highest BCUT2D eigenvalue weighted by molar-refractivity contribution is 5.79. The van der Waals surface area contributed by atoms with Gasteiger partial charge < -0.3 is 15.4 Å². The van der Waals surface area contributed by atoms with E-state index in [1.165, 1.54) is 5.56 Å². The van der Waals surface area contributed by atoms with Crippen molar-refractivity contribution in [2.24, 2.45) is 11.8 Å². The maximum atomic E-state index is 12.5. The molecular weight excluding hydrogens is 302 g/mol. The van der Waals surface area contributed by atoms with Crippen molar-refractivity contribution in [3.8, 4) is 0 Å². The summed E-state index contributed by atoms with van der Waals surface area (Å²) in [5.74, 6) is 0.803. The van der Waals surface area contributed by atoms with Crippen LogP contribution in [-0.4, -0.2) is 56.7 Å². The van der Waals surface area contributed by atoms with Crippen LogP contribution in [0.15, 0.2) is 24.3 Å². The highest BCUT2D eigenvalue weighted by atomic mass is 16.5. The van der Waals surface area contributed by atoms with E-state index >= 15 is 0 Å². The fourth-order valence-corrected chi connectivity index (χ4v) is 3.56. The lowest BCUT2D eigenvalue weighted by Gasteiger charge is -2.34. The van der Waals surface area contributed by atoms with Gasteiger partial charge in [0, 0.05) is 32.7 Å². The van der Waals surface area contributed by atoms with Gasteiger partial charge in [-0.3, -0.25) is 9.69 Å². The van der Waals surface area contributed by atoms with Gasteiger partial charge in [-0.2, -0.15) is 0 Å². The van der Waals surface area contributed by atoms with Gasteiger partial charge in [0.15, 0.2) is 0 Å². The number of rotatable bonds is 5. The molecule has 2 N–H and O–H groups in total. The van der Waals surface area contributed by atoms with E-state index in [0.29, 0.717) is 12.5 Å². The minimum Gasteiger partial charge on any atom is -0.379 e. The van der Waals surface area contributed by atoms with Crippen molar-refractivity contribution in [3.63, 3.8) is 0 Å². The molecule has 2 heterocycles. The highest BCUT2D eigenvalue weighted by Crippen LogP contribution is 2.18. The number of nitrogens with one attached hydrogen (secondary N) is 2. The Bertz CT molecular complexity index is 526. The van der Waals surface area contributed by atoms with E-state index in [1.807, 2.05) is 0 Å². The van der Waals surface area contributed by atoms with E-state index < -0.39 is 0 Å². The fourth-order valence-electron chi connectivity index (χ4n) is 3.56. The maximum absolute atomic E-state index is 12.5. The zero-order chi connectivity index (χ0) is 16.8. The molecule has 1 amide bonds. The molecule has 2 aliphatic rings. The lowest BCUT2D eigenvalue weighted by molar-refractivity contribution is -0.126. The average Bonchev–Trinajstić information content (AvgIpc) is 2.62. The van der Waals surface area contributed by atoms with Crippen LogP contribution in [0.25, 0.3) is 0 Å². The minimum atomic E-state index is 0.0789. The molecule has 0 aromatic heterocycles. The monoisotopic (exact) mass is 331 g/mol. The van der Waals surface area contributed by atoms with E-state index in [0.717, 1.165) is 57.9 Å². The summed E-state index contributed by atoms with van der Waals surface area (Å²) in [7, 11) is 0. The van der Waals surface area contributed by atoms with Gasteiger partial charge in [-0.25, -0.2) is 0 Å². The molecule has 1 aromatic carbocycles. The fraction of sp³-hybridized carbons (Fsp3) is 0.632. The number of nitrogens with zero attached hydrogens (tertiary/aromatic N) is 1. The third-order valence-corrected chi connectivity index (χ3v) is 5.02. The molecule has 132 valence electrons. The van der Waals surface area contributed by atoms with Crippen LogP contribution in [0.5, 0.6) is 0 Å². The molecule has 2 atom stereocenters. The second kappa shape index (κ2) is 8.60. The SMILES string of the molecule is Cc1ccc(CNC(=O)[C@H]2CNC[C@@H](CN3CCOCC3)C2)cc1. The van der Waals surface area contributed by atoms with Gasteiger partial charge in [-0.05, 0) is 31.4 Å². The summed E-state index contributed by atoms with van der Waals surface area (Å²) in [4.78, 5) is 15.0. The number of amides is 1. The molecule has 0 saturated carbocycles. The van der Waals surface area contributed by atoms with Crippen molar-refractivity contribution >= 4 is 5.91 Å². The first-order chi connectivity index (χ1) is 11.7. The van der Waals surface area contributed by atoms with Crippen molar-refractivity contribution in [1.82, 2.24) is 15.5 Å². The van der Waals surface area contributed by atoms with Crippen LogP contribution in [0, 0.1) is 18.8 Å². The summed E-state index contributed by atoms with van der Waals surface area (Å²) >= 11 is 0. The Morgan fingerprint density at radius 2 is 2.00 bits per heavy atom. The van der Waals surface area contributed by atoms with Crippen LogP contribution in [0.1, 0.15) is 17.5 Å². The van der Waals surface area contributed by atoms with Crippen LogP contribution in [0.4, 0.5) is 0 Å². The number of carbonyl (C=O) groups excluding carboxylic acids is 1. The molecule has 5 heteroatoms. The summed E-state index contributed by atoms with van der Waals surface area (Å²) in [6, 6.07) is 8.33. The Morgan fingerprint density at radius 1 is 1.25 bits per heavy atom. The highest BCUT2D eigenvalue weighted by Gasteiger charge is 2.28. The van der Waals surface area contributed by atoms with E-state index in [2.05, 4.69) is 46.7 Å². The number of hydrogen-bond acceptors (Lipinski definition) is 4. The number of piperidine rings is 1. The Hall–Kier alpha value is -1.43. The molecule has 24 heavy (non-hydrogen) atoms. The molecule has 2 aliphatic heterocycles. The second-order valence-corrected chi connectivity index (χ2v) is 7.07. The minimum absolute atomic E-state index is 0.0789. The predicted octanol–water partition coefficient (Wildman–Crippen LogP) is 1.17. The zero-order valence-corrected chi connectivity index (χ0v) is 14.6. The molecular formula is C19H29N3O2. The molecule has 2 fully saturated rings. The maximum Gasteiger partial charge on any atom is 0.224 e. The summed E-state index contributed by atoms with van der Waals surface area (Å²) < 4.78 is 5.41. The first kappa shape index (κ1) is 17.4. The molecule has 2 saturated heterocycles. The first-order valence-corrected chi connectivity index (χ1v) is 9.05. The van der Waals surface area contributed by atoms with Crippen LogP contribution in [0.3, 0.4) is 0 Å². The standard InChI is InChI=1S/C19H29N3O2/c1-15-2-4-16(5-3-15)12-21-19(23)18-10-17(11-20-13-18)14-22-6-8-24-9-7-22/h2-5,17-18,20H,6-14H2,1H3,(H,21,23)/t17-,18+/m0/s1. The van der Waals surface area contributed by atoms with Gasteiger partial charge in [-0.1, -0.05) is 29.8 Å². The molecule has 0 bridgehead atoms. The second-order valence-electron chi connectivity index (χ2n) is 7.07. The van der Waals surface area contributed by atoms with Crippen molar-refractivity contribution in [3.05, 3.63) is 35.4 Å². The number of morpholine rings is 1. The smallest absolute Gasteiger partial charge is 0.224 e. The molecule has 0 radical (unpaired) electrons. The van der Waals surface area contributed by atoms with Crippen molar-refractivity contribution in [2.45, 2.75) is 19.9 Å². The van der Waals surface area contributed by atoms with E-state index in [4.69, 9.17) is 4.74 Å². The van der Waals surface area contributed by atoms with Crippen molar-refractivity contribution < 1.29 is 9.53 Å². The molecule has 3 rings (SSSR count). The number of carbonyl (C=O) groups is 1. The molecule has 0 spiro atoms. The van der Waals surface area contributed by atoms with Gasteiger partial charge in [0.1, 0.15) is 0 Å². The third-order valence-electron chi connectivity index (χ3n) is 5.02. The molecule has 0 aliphatic carbocycles. The van der Waals surface area contributed by atoms with Crippen LogP contribution in [-0.2, 0) is 16.1 Å². The average molecular weight is 331 g/mol. The first-order valence-electron chi connectivity index (χ1n) is 9.05. The predicted molar refractivity (Wildman–Crippen MR) is 94.8 cm³/mol. The summed E-state index contributed by atoms with van der Waals surface area (Å²) in [6.45, 7) is 9.26. The summed E-state index contributed by atoms with van der Waals surface area (Å²) in [6.07, 6.45) is 0.976. The third kappa shape index (κ3) is 5.03. The quantitative estimate of drug-likeness (QED) is 0.850. The van der Waals surface area contributed by atoms with Crippen LogP contribution >= 0.6 is 0 Å². The number of hydrogen-bond donors (Lipinski definition) is 2. The molecule has 1 aromatic rings. The zero-order valence-electron chi connectivity index (χ0n) is 14.6. The topological polar surface area (TPSA) is 53.6 Å². The van der Waals surface area contributed by atoms with E-state index in [-0.39, 0.29) is 11.8 Å².